The summed E-state index contributed by atoms with van der Waals surface area (Å²) in [5, 5.41) is 10.2. The zero-order valence-electron chi connectivity index (χ0n) is 10.1. The van der Waals surface area contributed by atoms with Crippen LogP contribution in [0.2, 0.25) is 0 Å². The van der Waals surface area contributed by atoms with Crippen LogP contribution in [-0.2, 0) is 4.79 Å². The van der Waals surface area contributed by atoms with Gasteiger partial charge in [0, 0.05) is 14.1 Å². The van der Waals surface area contributed by atoms with E-state index in [1.165, 1.54) is 0 Å². The van der Waals surface area contributed by atoms with Crippen LogP contribution >= 0.6 is 0 Å². The summed E-state index contributed by atoms with van der Waals surface area (Å²) in [5.74, 6) is 0.622. The number of aliphatic hydroxyl groups is 1. The number of carbonyl (C=O) groups excluding carboxylic acids is 1. The smallest absolute Gasteiger partial charge is 0.231 e. The van der Waals surface area contributed by atoms with Gasteiger partial charge in [-0.15, -0.1) is 0 Å². The van der Waals surface area contributed by atoms with Crippen LogP contribution in [0.1, 0.15) is 33.1 Å². The van der Waals surface area contributed by atoms with E-state index in [-0.39, 0.29) is 11.3 Å². The Morgan fingerprint density at radius 2 is 2.00 bits per heavy atom. The molecule has 0 radical (unpaired) electrons. The highest BCUT2D eigenvalue weighted by atomic mass is 16.3. The van der Waals surface area contributed by atoms with Gasteiger partial charge in [-0.1, -0.05) is 13.8 Å². The van der Waals surface area contributed by atoms with Crippen molar-refractivity contribution in [3.63, 3.8) is 0 Å². The normalized spacial score (nSPS) is 41.9. The maximum absolute atomic E-state index is 12.3. The molecular formula is C12H21NO2. The molecule has 0 aliphatic heterocycles. The highest BCUT2D eigenvalue weighted by Gasteiger charge is 2.67. The van der Waals surface area contributed by atoms with Crippen molar-refractivity contribution in [3.8, 4) is 0 Å². The van der Waals surface area contributed by atoms with E-state index < -0.39 is 11.5 Å². The molecule has 0 spiro atoms. The lowest BCUT2D eigenvalue weighted by Crippen LogP contribution is -2.50. The highest BCUT2D eigenvalue weighted by Crippen LogP contribution is 2.66. The second kappa shape index (κ2) is 2.97. The molecule has 2 aliphatic rings. The molecule has 1 amide bonds. The Hall–Kier alpha value is -0.570. The molecule has 3 atom stereocenters. The van der Waals surface area contributed by atoms with E-state index in [1.54, 1.807) is 19.0 Å². The SMILES string of the molecule is CN(C)C(=O)[C@@]12CC[C@@H](C[C@@H]1O)C2(C)C. The van der Waals surface area contributed by atoms with E-state index in [9.17, 15) is 9.90 Å². The van der Waals surface area contributed by atoms with Crippen LogP contribution < -0.4 is 0 Å². The number of rotatable bonds is 1. The van der Waals surface area contributed by atoms with E-state index in [0.29, 0.717) is 5.92 Å². The zero-order chi connectivity index (χ0) is 11.4. The standard InChI is InChI=1S/C12H21NO2/c1-11(2)8-5-6-12(11,9(14)7-8)10(15)13(3)4/h8-9,14H,5-7H2,1-4H3/t8-,9-,12+/m0/s1. The van der Waals surface area contributed by atoms with Gasteiger partial charge >= 0.3 is 0 Å². The number of hydrogen-bond donors (Lipinski definition) is 1. The lowest BCUT2D eigenvalue weighted by Gasteiger charge is -2.40. The van der Waals surface area contributed by atoms with Gasteiger partial charge in [-0.25, -0.2) is 0 Å². The van der Waals surface area contributed by atoms with Gasteiger partial charge in [-0.05, 0) is 30.6 Å². The second-order valence-electron chi connectivity index (χ2n) is 5.88. The minimum Gasteiger partial charge on any atom is -0.392 e. The highest BCUT2D eigenvalue weighted by molar-refractivity contribution is 5.85. The van der Waals surface area contributed by atoms with E-state index in [4.69, 9.17) is 0 Å². The lowest BCUT2D eigenvalue weighted by atomic mass is 9.67. The molecule has 0 aromatic carbocycles. The molecule has 2 aliphatic carbocycles. The number of aliphatic hydroxyl groups excluding tert-OH is 1. The molecule has 0 unspecified atom stereocenters. The van der Waals surface area contributed by atoms with E-state index in [1.807, 2.05) is 0 Å². The summed E-state index contributed by atoms with van der Waals surface area (Å²) in [4.78, 5) is 14.0. The summed E-state index contributed by atoms with van der Waals surface area (Å²) in [5.41, 5.74) is -0.561. The van der Waals surface area contributed by atoms with Gasteiger partial charge in [0.05, 0.1) is 11.5 Å². The van der Waals surface area contributed by atoms with Crippen molar-refractivity contribution in [2.24, 2.45) is 16.7 Å². The molecule has 2 fully saturated rings. The van der Waals surface area contributed by atoms with Gasteiger partial charge in [0.15, 0.2) is 0 Å². The minimum atomic E-state index is -0.513. The lowest BCUT2D eigenvalue weighted by molar-refractivity contribution is -0.151. The summed E-state index contributed by atoms with van der Waals surface area (Å²) in [6.45, 7) is 4.28. The van der Waals surface area contributed by atoms with E-state index in [2.05, 4.69) is 13.8 Å². The van der Waals surface area contributed by atoms with Crippen molar-refractivity contribution in [1.82, 2.24) is 4.90 Å². The average Bonchev–Trinajstić information content (AvgIpc) is 2.49. The number of hydrogen-bond acceptors (Lipinski definition) is 2. The zero-order valence-corrected chi connectivity index (χ0v) is 10.1. The topological polar surface area (TPSA) is 40.5 Å². The quantitative estimate of drug-likeness (QED) is 0.709. The van der Waals surface area contributed by atoms with Gasteiger partial charge in [-0.2, -0.15) is 0 Å². The first kappa shape index (κ1) is 10.9. The van der Waals surface area contributed by atoms with Crippen LogP contribution in [-0.4, -0.2) is 36.1 Å². The van der Waals surface area contributed by atoms with Crippen LogP contribution in [0.15, 0.2) is 0 Å². The molecule has 86 valence electrons. The molecule has 0 heterocycles. The summed E-state index contributed by atoms with van der Waals surface area (Å²) in [6, 6.07) is 0. The van der Waals surface area contributed by atoms with Crippen molar-refractivity contribution < 1.29 is 9.90 Å². The molecular weight excluding hydrogens is 190 g/mol. The third-order valence-electron chi connectivity index (χ3n) is 4.92. The summed E-state index contributed by atoms with van der Waals surface area (Å²) >= 11 is 0. The Morgan fingerprint density at radius 3 is 2.33 bits per heavy atom. The number of carbonyl (C=O) groups is 1. The first-order valence-electron chi connectivity index (χ1n) is 5.74. The largest absolute Gasteiger partial charge is 0.392 e. The molecule has 0 saturated heterocycles. The summed E-state index contributed by atoms with van der Waals surface area (Å²) < 4.78 is 0. The fourth-order valence-electron chi connectivity index (χ4n) is 3.85. The fourth-order valence-corrected chi connectivity index (χ4v) is 3.85. The Morgan fingerprint density at radius 1 is 1.40 bits per heavy atom. The maximum atomic E-state index is 12.3. The fraction of sp³-hybridized carbons (Fsp3) is 0.917. The molecule has 2 bridgehead atoms. The average molecular weight is 211 g/mol. The molecule has 2 rings (SSSR count). The second-order valence-corrected chi connectivity index (χ2v) is 5.88. The van der Waals surface area contributed by atoms with Crippen molar-refractivity contribution in [1.29, 1.82) is 0 Å². The summed E-state index contributed by atoms with van der Waals surface area (Å²) in [7, 11) is 3.57. The number of fused-ring (bicyclic) bond motifs is 2. The maximum Gasteiger partial charge on any atom is 0.231 e. The van der Waals surface area contributed by atoms with Gasteiger partial charge in [-0.3, -0.25) is 4.79 Å². The first-order valence-corrected chi connectivity index (χ1v) is 5.74. The molecule has 0 aromatic rings. The minimum absolute atomic E-state index is 0.0478. The molecule has 2 saturated carbocycles. The van der Waals surface area contributed by atoms with E-state index in [0.717, 1.165) is 19.3 Å². The molecule has 15 heavy (non-hydrogen) atoms. The predicted octanol–water partition coefficient (Wildman–Crippen LogP) is 1.26. The van der Waals surface area contributed by atoms with Gasteiger partial charge < -0.3 is 10.0 Å². The molecule has 3 nitrogen and oxygen atoms in total. The molecule has 1 N–H and O–H groups in total. The molecule has 0 aromatic heterocycles. The van der Waals surface area contributed by atoms with Crippen LogP contribution in [0.4, 0.5) is 0 Å². The van der Waals surface area contributed by atoms with Crippen LogP contribution in [0, 0.1) is 16.7 Å². The van der Waals surface area contributed by atoms with Crippen LogP contribution in [0.25, 0.3) is 0 Å². The van der Waals surface area contributed by atoms with Crippen LogP contribution in [0.3, 0.4) is 0 Å². The number of amides is 1. The molecule has 3 heteroatoms. The Bertz CT molecular complexity index is 298. The predicted molar refractivity (Wildman–Crippen MR) is 58.3 cm³/mol. The van der Waals surface area contributed by atoms with Gasteiger partial charge in [0.1, 0.15) is 0 Å². The summed E-state index contributed by atoms with van der Waals surface area (Å²) in [6.07, 6.45) is 2.29. The van der Waals surface area contributed by atoms with Crippen LogP contribution in [0.5, 0.6) is 0 Å². The van der Waals surface area contributed by atoms with Crippen molar-refractivity contribution >= 4 is 5.91 Å². The first-order chi connectivity index (χ1) is 6.84. The van der Waals surface area contributed by atoms with Crippen molar-refractivity contribution in [3.05, 3.63) is 0 Å². The third kappa shape index (κ3) is 1.07. The Balaban J connectivity index is 2.44. The van der Waals surface area contributed by atoms with Crippen molar-refractivity contribution in [2.75, 3.05) is 14.1 Å². The monoisotopic (exact) mass is 211 g/mol. The number of nitrogens with zero attached hydrogens (tertiary/aromatic N) is 1. The van der Waals surface area contributed by atoms with Gasteiger partial charge in [0.2, 0.25) is 5.91 Å². The Kier molecular flexibility index (Phi) is 2.16. The van der Waals surface area contributed by atoms with Gasteiger partial charge in [0.25, 0.3) is 0 Å². The Labute approximate surface area is 91.5 Å². The third-order valence-corrected chi connectivity index (χ3v) is 4.92. The van der Waals surface area contributed by atoms with E-state index >= 15 is 0 Å². The van der Waals surface area contributed by atoms with Crippen molar-refractivity contribution in [2.45, 2.75) is 39.2 Å².